The summed E-state index contributed by atoms with van der Waals surface area (Å²) in [5, 5.41) is 2.66. The molecular weight excluding hydrogens is 170 g/mol. The van der Waals surface area contributed by atoms with Crippen LogP contribution < -0.4 is 5.32 Å². The van der Waals surface area contributed by atoms with Crippen molar-refractivity contribution in [3.63, 3.8) is 0 Å². The normalized spacial score (nSPS) is 10.9. The fourth-order valence-corrected chi connectivity index (χ4v) is 1.85. The quantitative estimate of drug-likeness (QED) is 0.381. The highest BCUT2D eigenvalue weighted by Crippen LogP contribution is 2.06. The summed E-state index contributed by atoms with van der Waals surface area (Å²) in [6.07, 6.45) is 2.09. The SMILES string of the molecule is C=CC(=O)NCCC[Si](C)(C)O. The van der Waals surface area contributed by atoms with Gasteiger partial charge >= 0.3 is 0 Å². The van der Waals surface area contributed by atoms with E-state index in [4.69, 9.17) is 0 Å². The number of nitrogens with one attached hydrogen (secondary N) is 1. The fraction of sp³-hybridized carbons (Fsp3) is 0.625. The van der Waals surface area contributed by atoms with Gasteiger partial charge in [0.1, 0.15) is 0 Å². The minimum Gasteiger partial charge on any atom is -0.432 e. The first kappa shape index (κ1) is 11.4. The summed E-state index contributed by atoms with van der Waals surface area (Å²) in [6, 6.07) is 0.824. The molecule has 0 aliphatic carbocycles. The van der Waals surface area contributed by atoms with Crippen molar-refractivity contribution in [2.24, 2.45) is 0 Å². The third-order valence-electron chi connectivity index (χ3n) is 1.45. The zero-order valence-electron chi connectivity index (χ0n) is 7.76. The minimum absolute atomic E-state index is 0.146. The Labute approximate surface area is 74.6 Å². The first-order chi connectivity index (χ1) is 5.45. The molecule has 70 valence electrons. The van der Waals surface area contributed by atoms with Crippen molar-refractivity contribution in [1.82, 2.24) is 5.32 Å². The zero-order valence-corrected chi connectivity index (χ0v) is 8.76. The molecule has 0 aliphatic heterocycles. The summed E-state index contributed by atoms with van der Waals surface area (Å²) >= 11 is 0. The van der Waals surface area contributed by atoms with Crippen molar-refractivity contribution in [3.8, 4) is 0 Å². The average molecular weight is 187 g/mol. The monoisotopic (exact) mass is 187 g/mol. The van der Waals surface area contributed by atoms with Crippen LogP contribution in [0.15, 0.2) is 12.7 Å². The van der Waals surface area contributed by atoms with E-state index in [0.29, 0.717) is 6.54 Å². The molecule has 0 bridgehead atoms. The molecule has 3 nitrogen and oxygen atoms in total. The van der Waals surface area contributed by atoms with Gasteiger partial charge in [0.05, 0.1) is 0 Å². The van der Waals surface area contributed by atoms with Crippen molar-refractivity contribution in [2.75, 3.05) is 6.54 Å². The Bertz CT molecular complexity index is 163. The highest BCUT2D eigenvalue weighted by molar-refractivity contribution is 6.69. The standard InChI is InChI=1S/C8H17NO2Si/c1-4-8(10)9-6-5-7-12(2,3)11/h4,11H,1,5-7H2,2-3H3,(H,9,10). The maximum atomic E-state index is 10.7. The maximum absolute atomic E-state index is 10.7. The molecule has 0 fully saturated rings. The number of amides is 1. The molecule has 0 rings (SSSR count). The predicted octanol–water partition coefficient (Wildman–Crippen LogP) is 0.876. The number of hydrogen-bond donors (Lipinski definition) is 2. The number of rotatable bonds is 5. The maximum Gasteiger partial charge on any atom is 0.243 e. The Balaban J connectivity index is 3.34. The Morgan fingerprint density at radius 1 is 1.67 bits per heavy atom. The van der Waals surface area contributed by atoms with Crippen LogP contribution in [0.3, 0.4) is 0 Å². The molecule has 0 aromatic rings. The van der Waals surface area contributed by atoms with Crippen LogP contribution in [0.2, 0.25) is 19.1 Å². The van der Waals surface area contributed by atoms with Crippen LogP contribution in [0.4, 0.5) is 0 Å². The van der Waals surface area contributed by atoms with Crippen LogP contribution >= 0.6 is 0 Å². The van der Waals surface area contributed by atoms with Crippen LogP contribution in [0.1, 0.15) is 6.42 Å². The zero-order chi connectivity index (χ0) is 9.61. The van der Waals surface area contributed by atoms with Crippen LogP contribution in [0.5, 0.6) is 0 Å². The Kier molecular flexibility index (Phi) is 4.85. The van der Waals surface area contributed by atoms with Crippen molar-refractivity contribution < 1.29 is 9.59 Å². The van der Waals surface area contributed by atoms with Crippen LogP contribution in [0.25, 0.3) is 0 Å². The Morgan fingerprint density at radius 3 is 2.67 bits per heavy atom. The lowest BCUT2D eigenvalue weighted by atomic mass is 10.4. The third kappa shape index (κ3) is 7.49. The van der Waals surface area contributed by atoms with E-state index in [1.165, 1.54) is 6.08 Å². The van der Waals surface area contributed by atoms with E-state index in [2.05, 4.69) is 11.9 Å². The molecule has 0 spiro atoms. The van der Waals surface area contributed by atoms with E-state index < -0.39 is 8.32 Å². The van der Waals surface area contributed by atoms with E-state index in [1.54, 1.807) is 0 Å². The van der Waals surface area contributed by atoms with E-state index in [-0.39, 0.29) is 5.91 Å². The molecule has 0 unspecified atom stereocenters. The van der Waals surface area contributed by atoms with Gasteiger partial charge in [0.2, 0.25) is 5.91 Å². The van der Waals surface area contributed by atoms with Gasteiger partial charge < -0.3 is 10.1 Å². The summed E-state index contributed by atoms with van der Waals surface area (Å²) in [7, 11) is -1.92. The topological polar surface area (TPSA) is 49.3 Å². The van der Waals surface area contributed by atoms with Crippen molar-refractivity contribution >= 4 is 14.2 Å². The Hall–Kier alpha value is -0.613. The fourth-order valence-electron chi connectivity index (χ4n) is 0.805. The van der Waals surface area contributed by atoms with Gasteiger partial charge in [-0.05, 0) is 31.6 Å². The van der Waals surface area contributed by atoms with Crippen LogP contribution in [-0.2, 0) is 4.79 Å². The summed E-state index contributed by atoms with van der Waals surface area (Å²) in [4.78, 5) is 20.1. The average Bonchev–Trinajstić information content (AvgIpc) is 1.96. The summed E-state index contributed by atoms with van der Waals surface area (Å²) in [5.74, 6) is -0.146. The predicted molar refractivity (Wildman–Crippen MR) is 52.3 cm³/mol. The molecule has 0 saturated heterocycles. The molecule has 0 radical (unpaired) electrons. The lowest BCUT2D eigenvalue weighted by Gasteiger charge is -2.12. The molecule has 12 heavy (non-hydrogen) atoms. The molecule has 0 aromatic heterocycles. The number of carbonyl (C=O) groups is 1. The Morgan fingerprint density at radius 2 is 2.25 bits per heavy atom. The van der Waals surface area contributed by atoms with Gasteiger partial charge in [-0.15, -0.1) is 0 Å². The molecule has 0 aromatic carbocycles. The van der Waals surface area contributed by atoms with Gasteiger partial charge in [-0.2, -0.15) is 0 Å². The molecule has 0 heterocycles. The molecule has 0 atom stereocenters. The molecule has 0 aliphatic rings. The molecular formula is C8H17NO2Si. The second kappa shape index (κ2) is 5.11. The first-order valence-electron chi connectivity index (χ1n) is 4.08. The van der Waals surface area contributed by atoms with Crippen molar-refractivity contribution in [1.29, 1.82) is 0 Å². The lowest BCUT2D eigenvalue weighted by molar-refractivity contribution is -0.116. The number of hydrogen-bond acceptors (Lipinski definition) is 2. The summed E-state index contributed by atoms with van der Waals surface area (Å²) in [5.41, 5.74) is 0. The second-order valence-electron chi connectivity index (χ2n) is 3.41. The van der Waals surface area contributed by atoms with Gasteiger partial charge in [-0.25, -0.2) is 0 Å². The largest absolute Gasteiger partial charge is 0.432 e. The van der Waals surface area contributed by atoms with E-state index in [9.17, 15) is 9.59 Å². The summed E-state index contributed by atoms with van der Waals surface area (Å²) in [6.45, 7) is 7.74. The van der Waals surface area contributed by atoms with Crippen molar-refractivity contribution in [2.45, 2.75) is 25.6 Å². The lowest BCUT2D eigenvalue weighted by Crippen LogP contribution is -2.28. The smallest absolute Gasteiger partial charge is 0.243 e. The van der Waals surface area contributed by atoms with Crippen LogP contribution in [0, 0.1) is 0 Å². The van der Waals surface area contributed by atoms with Gasteiger partial charge in [0.25, 0.3) is 0 Å². The van der Waals surface area contributed by atoms with E-state index >= 15 is 0 Å². The van der Waals surface area contributed by atoms with Gasteiger partial charge in [-0.1, -0.05) is 6.58 Å². The van der Waals surface area contributed by atoms with E-state index in [1.807, 2.05) is 13.1 Å². The van der Waals surface area contributed by atoms with Crippen LogP contribution in [-0.4, -0.2) is 25.6 Å². The first-order valence-corrected chi connectivity index (χ1v) is 7.24. The van der Waals surface area contributed by atoms with Gasteiger partial charge in [0.15, 0.2) is 8.32 Å². The third-order valence-corrected chi connectivity index (χ3v) is 3.03. The highest BCUT2D eigenvalue weighted by atomic mass is 28.4. The second-order valence-corrected chi connectivity index (χ2v) is 7.54. The summed E-state index contributed by atoms with van der Waals surface area (Å²) < 4.78 is 0. The van der Waals surface area contributed by atoms with Crippen molar-refractivity contribution in [3.05, 3.63) is 12.7 Å². The van der Waals surface area contributed by atoms with Gasteiger partial charge in [0, 0.05) is 6.54 Å². The van der Waals surface area contributed by atoms with Gasteiger partial charge in [-0.3, -0.25) is 4.79 Å². The molecule has 4 heteroatoms. The number of carbonyl (C=O) groups excluding carboxylic acids is 1. The molecule has 0 saturated carbocycles. The minimum atomic E-state index is -1.92. The molecule has 2 N–H and O–H groups in total. The van der Waals surface area contributed by atoms with E-state index in [0.717, 1.165) is 12.5 Å². The molecule has 1 amide bonds. The highest BCUT2D eigenvalue weighted by Gasteiger charge is 2.15.